The molecule has 1 aromatic rings. The van der Waals surface area contributed by atoms with Crippen LogP contribution < -0.4 is 0 Å². The SMILES string of the molecule is Cc1ccc(Br)cc1CCN(C)C(C)C. The second-order valence-electron chi connectivity index (χ2n) is 4.40. The molecule has 0 bridgehead atoms. The number of rotatable bonds is 4. The minimum Gasteiger partial charge on any atom is -0.304 e. The number of halogens is 1. The molecule has 0 spiro atoms. The highest BCUT2D eigenvalue weighted by molar-refractivity contribution is 9.10. The minimum absolute atomic E-state index is 0.623. The lowest BCUT2D eigenvalue weighted by molar-refractivity contribution is 0.277. The van der Waals surface area contributed by atoms with Crippen LogP contribution in [0.2, 0.25) is 0 Å². The maximum atomic E-state index is 3.52. The molecule has 0 saturated heterocycles. The van der Waals surface area contributed by atoms with Crippen LogP contribution >= 0.6 is 15.9 Å². The smallest absolute Gasteiger partial charge is 0.0178 e. The van der Waals surface area contributed by atoms with Crippen LogP contribution in [0.1, 0.15) is 25.0 Å². The van der Waals surface area contributed by atoms with Crippen LogP contribution in [0.4, 0.5) is 0 Å². The molecule has 1 nitrogen and oxygen atoms in total. The first-order chi connectivity index (χ1) is 7.00. The normalized spacial score (nSPS) is 11.4. The molecule has 0 aliphatic carbocycles. The lowest BCUT2D eigenvalue weighted by Crippen LogP contribution is -2.28. The van der Waals surface area contributed by atoms with Crippen LogP contribution in [-0.2, 0) is 6.42 Å². The monoisotopic (exact) mass is 269 g/mol. The number of aryl methyl sites for hydroxylation is 1. The summed E-state index contributed by atoms with van der Waals surface area (Å²) in [7, 11) is 2.18. The molecular weight excluding hydrogens is 250 g/mol. The predicted octanol–water partition coefficient (Wildman–Crippen LogP) is 3.64. The molecule has 0 amide bonds. The average molecular weight is 270 g/mol. The Labute approximate surface area is 102 Å². The van der Waals surface area contributed by atoms with Gasteiger partial charge in [-0.3, -0.25) is 0 Å². The molecule has 0 heterocycles. The predicted molar refractivity (Wildman–Crippen MR) is 70.3 cm³/mol. The van der Waals surface area contributed by atoms with Gasteiger partial charge in [0.25, 0.3) is 0 Å². The zero-order valence-electron chi connectivity index (χ0n) is 10.0. The maximum absolute atomic E-state index is 3.52. The van der Waals surface area contributed by atoms with Crippen molar-refractivity contribution >= 4 is 15.9 Å². The van der Waals surface area contributed by atoms with Gasteiger partial charge in [-0.15, -0.1) is 0 Å². The van der Waals surface area contributed by atoms with E-state index >= 15 is 0 Å². The Bertz CT molecular complexity index is 320. The first kappa shape index (κ1) is 12.7. The van der Waals surface area contributed by atoms with Gasteiger partial charge in [0.1, 0.15) is 0 Å². The summed E-state index contributed by atoms with van der Waals surface area (Å²) >= 11 is 3.52. The van der Waals surface area contributed by atoms with E-state index in [-0.39, 0.29) is 0 Å². The number of hydrogen-bond donors (Lipinski definition) is 0. The Hall–Kier alpha value is -0.340. The molecule has 1 rings (SSSR count). The minimum atomic E-state index is 0.623. The summed E-state index contributed by atoms with van der Waals surface area (Å²) < 4.78 is 1.18. The van der Waals surface area contributed by atoms with Gasteiger partial charge >= 0.3 is 0 Å². The molecule has 0 aliphatic heterocycles. The Morgan fingerprint density at radius 1 is 1.33 bits per heavy atom. The maximum Gasteiger partial charge on any atom is 0.0178 e. The van der Waals surface area contributed by atoms with E-state index in [4.69, 9.17) is 0 Å². The molecule has 0 aromatic heterocycles. The van der Waals surface area contributed by atoms with Crippen LogP contribution in [0.25, 0.3) is 0 Å². The van der Waals surface area contributed by atoms with Gasteiger partial charge < -0.3 is 4.90 Å². The van der Waals surface area contributed by atoms with Gasteiger partial charge in [0.05, 0.1) is 0 Å². The van der Waals surface area contributed by atoms with Crippen molar-refractivity contribution in [2.45, 2.75) is 33.2 Å². The van der Waals surface area contributed by atoms with Crippen molar-refractivity contribution in [3.8, 4) is 0 Å². The largest absolute Gasteiger partial charge is 0.304 e. The van der Waals surface area contributed by atoms with Crippen LogP contribution in [0, 0.1) is 6.92 Å². The number of hydrogen-bond acceptors (Lipinski definition) is 1. The average Bonchev–Trinajstić information content (AvgIpc) is 2.18. The number of benzene rings is 1. The second-order valence-corrected chi connectivity index (χ2v) is 5.31. The van der Waals surface area contributed by atoms with Gasteiger partial charge in [-0.1, -0.05) is 22.0 Å². The zero-order valence-corrected chi connectivity index (χ0v) is 11.6. The van der Waals surface area contributed by atoms with Crippen molar-refractivity contribution in [3.05, 3.63) is 33.8 Å². The van der Waals surface area contributed by atoms with Crippen LogP contribution in [0.3, 0.4) is 0 Å². The van der Waals surface area contributed by atoms with Gasteiger partial charge in [-0.05, 0) is 57.5 Å². The van der Waals surface area contributed by atoms with E-state index in [1.54, 1.807) is 0 Å². The molecule has 84 valence electrons. The van der Waals surface area contributed by atoms with Crippen LogP contribution in [0.5, 0.6) is 0 Å². The van der Waals surface area contributed by atoms with Gasteiger partial charge in [0.15, 0.2) is 0 Å². The van der Waals surface area contributed by atoms with Crippen molar-refractivity contribution < 1.29 is 0 Å². The summed E-state index contributed by atoms with van der Waals surface area (Å²) in [5.74, 6) is 0. The van der Waals surface area contributed by atoms with Crippen molar-refractivity contribution in [2.75, 3.05) is 13.6 Å². The third kappa shape index (κ3) is 3.96. The van der Waals surface area contributed by atoms with Gasteiger partial charge in [-0.2, -0.15) is 0 Å². The Morgan fingerprint density at radius 3 is 2.60 bits per heavy atom. The fraction of sp³-hybridized carbons (Fsp3) is 0.538. The van der Waals surface area contributed by atoms with Crippen LogP contribution in [-0.4, -0.2) is 24.5 Å². The molecule has 15 heavy (non-hydrogen) atoms. The van der Waals surface area contributed by atoms with Crippen molar-refractivity contribution in [1.82, 2.24) is 4.90 Å². The summed E-state index contributed by atoms with van der Waals surface area (Å²) in [6, 6.07) is 7.13. The summed E-state index contributed by atoms with van der Waals surface area (Å²) in [6.45, 7) is 7.76. The molecule has 0 unspecified atom stereocenters. The Balaban J connectivity index is 2.61. The van der Waals surface area contributed by atoms with Gasteiger partial charge in [0, 0.05) is 17.1 Å². The molecule has 0 atom stereocenters. The number of nitrogens with zero attached hydrogens (tertiary/aromatic N) is 1. The summed E-state index contributed by atoms with van der Waals surface area (Å²) in [5, 5.41) is 0. The third-order valence-corrected chi connectivity index (χ3v) is 3.42. The lowest BCUT2D eigenvalue weighted by atomic mass is 10.1. The van der Waals surface area contributed by atoms with E-state index in [9.17, 15) is 0 Å². The van der Waals surface area contributed by atoms with E-state index in [0.717, 1.165) is 13.0 Å². The van der Waals surface area contributed by atoms with Crippen LogP contribution in [0.15, 0.2) is 22.7 Å². The van der Waals surface area contributed by atoms with E-state index < -0.39 is 0 Å². The molecule has 0 radical (unpaired) electrons. The quantitative estimate of drug-likeness (QED) is 0.807. The standard InChI is InChI=1S/C13H20BrN/c1-10(2)15(4)8-7-12-9-13(14)6-5-11(12)3/h5-6,9-10H,7-8H2,1-4H3. The molecular formula is C13H20BrN. The molecule has 2 heteroatoms. The highest BCUT2D eigenvalue weighted by Crippen LogP contribution is 2.16. The lowest BCUT2D eigenvalue weighted by Gasteiger charge is -2.21. The summed E-state index contributed by atoms with van der Waals surface area (Å²) in [4.78, 5) is 2.38. The fourth-order valence-electron chi connectivity index (χ4n) is 1.46. The van der Waals surface area contributed by atoms with E-state index in [1.165, 1.54) is 15.6 Å². The first-order valence-corrected chi connectivity index (χ1v) is 6.25. The van der Waals surface area contributed by atoms with Crippen molar-refractivity contribution in [1.29, 1.82) is 0 Å². The van der Waals surface area contributed by atoms with E-state index in [0.29, 0.717) is 6.04 Å². The third-order valence-electron chi connectivity index (χ3n) is 2.93. The molecule has 1 aromatic carbocycles. The topological polar surface area (TPSA) is 3.24 Å². The summed E-state index contributed by atoms with van der Waals surface area (Å²) in [5.41, 5.74) is 2.83. The molecule has 0 N–H and O–H groups in total. The molecule has 0 saturated carbocycles. The van der Waals surface area contributed by atoms with E-state index in [1.807, 2.05) is 0 Å². The molecule has 0 aliphatic rings. The van der Waals surface area contributed by atoms with Crippen molar-refractivity contribution in [2.24, 2.45) is 0 Å². The zero-order chi connectivity index (χ0) is 11.4. The second kappa shape index (κ2) is 5.66. The van der Waals surface area contributed by atoms with Crippen molar-refractivity contribution in [3.63, 3.8) is 0 Å². The van der Waals surface area contributed by atoms with Gasteiger partial charge in [0.2, 0.25) is 0 Å². The van der Waals surface area contributed by atoms with Gasteiger partial charge in [-0.25, -0.2) is 0 Å². The van der Waals surface area contributed by atoms with E-state index in [2.05, 4.69) is 66.8 Å². The first-order valence-electron chi connectivity index (χ1n) is 5.46. The summed E-state index contributed by atoms with van der Waals surface area (Å²) in [6.07, 6.45) is 1.12. The highest BCUT2D eigenvalue weighted by atomic mass is 79.9. The molecule has 0 fully saturated rings. The number of likely N-dealkylation sites (N-methyl/N-ethyl adjacent to an activating group) is 1. The Morgan fingerprint density at radius 2 is 2.00 bits per heavy atom. The Kier molecular flexibility index (Phi) is 4.81. The fourth-order valence-corrected chi connectivity index (χ4v) is 1.87. The highest BCUT2D eigenvalue weighted by Gasteiger charge is 2.05.